The molecule has 0 bridgehead atoms. The van der Waals surface area contributed by atoms with Crippen molar-refractivity contribution in [2.45, 2.75) is 20.1 Å². The van der Waals surface area contributed by atoms with E-state index in [1.54, 1.807) is 18.0 Å². The molecule has 1 aromatic carbocycles. The van der Waals surface area contributed by atoms with Crippen LogP contribution in [-0.4, -0.2) is 37.4 Å². The Bertz CT molecular complexity index is 816. The second-order valence-electron chi connectivity index (χ2n) is 5.18. The summed E-state index contributed by atoms with van der Waals surface area (Å²) in [7, 11) is 1.60. The molecule has 118 valence electrons. The van der Waals surface area contributed by atoms with Crippen LogP contribution in [-0.2, 0) is 13.2 Å². The van der Waals surface area contributed by atoms with Crippen LogP contribution in [0.15, 0.2) is 36.5 Å². The van der Waals surface area contributed by atoms with Gasteiger partial charge in [-0.05, 0) is 34.5 Å². The first-order valence-electron chi connectivity index (χ1n) is 7.17. The number of aryl methyl sites for hydroxylation is 1. The fourth-order valence-electron chi connectivity index (χ4n) is 2.40. The van der Waals surface area contributed by atoms with Crippen molar-refractivity contribution in [1.82, 2.24) is 25.2 Å². The van der Waals surface area contributed by atoms with Gasteiger partial charge in [0.2, 0.25) is 5.88 Å². The molecule has 7 heteroatoms. The van der Waals surface area contributed by atoms with Gasteiger partial charge in [0, 0.05) is 11.8 Å². The third kappa shape index (κ3) is 3.19. The lowest BCUT2D eigenvalue weighted by Gasteiger charge is -2.11. The van der Waals surface area contributed by atoms with E-state index in [2.05, 4.69) is 26.6 Å². The summed E-state index contributed by atoms with van der Waals surface area (Å²) in [6.07, 6.45) is 1.72. The van der Waals surface area contributed by atoms with Gasteiger partial charge in [-0.3, -0.25) is 0 Å². The topological polar surface area (TPSA) is 86.0 Å². The molecule has 0 saturated carbocycles. The molecular weight excluding hydrogens is 294 g/mol. The third-order valence-electron chi connectivity index (χ3n) is 3.51. The highest BCUT2D eigenvalue weighted by Crippen LogP contribution is 2.29. The Morgan fingerprint density at radius 2 is 2.13 bits per heavy atom. The average molecular weight is 311 g/mol. The summed E-state index contributed by atoms with van der Waals surface area (Å²) in [5.74, 6) is 0.983. The molecule has 3 rings (SSSR count). The summed E-state index contributed by atoms with van der Waals surface area (Å²) in [4.78, 5) is 4.37. The van der Waals surface area contributed by atoms with Gasteiger partial charge < -0.3 is 9.84 Å². The summed E-state index contributed by atoms with van der Waals surface area (Å²) in [5, 5.41) is 20.4. The summed E-state index contributed by atoms with van der Waals surface area (Å²) < 4.78 is 6.92. The highest BCUT2D eigenvalue weighted by atomic mass is 16.5. The van der Waals surface area contributed by atoms with Crippen LogP contribution in [0.3, 0.4) is 0 Å². The van der Waals surface area contributed by atoms with Gasteiger partial charge in [-0.25, -0.2) is 9.67 Å². The zero-order valence-electron chi connectivity index (χ0n) is 13.0. The standard InChI is InChI=1S/C16H17N5O2/c1-11-4-3-5-13(6-11)14-7-12(8-17-16(14)23-2)9-21-15(10-22)18-19-20-21/h3-8,22H,9-10H2,1-2H3. The second-order valence-corrected chi connectivity index (χ2v) is 5.18. The van der Waals surface area contributed by atoms with Crippen molar-refractivity contribution in [3.8, 4) is 17.0 Å². The molecule has 7 nitrogen and oxygen atoms in total. The minimum absolute atomic E-state index is 0.207. The largest absolute Gasteiger partial charge is 0.481 e. The monoisotopic (exact) mass is 311 g/mol. The Morgan fingerprint density at radius 1 is 1.26 bits per heavy atom. The van der Waals surface area contributed by atoms with Crippen LogP contribution in [0.1, 0.15) is 17.0 Å². The molecular formula is C16H17N5O2. The number of methoxy groups -OCH3 is 1. The van der Waals surface area contributed by atoms with Gasteiger partial charge in [0.1, 0.15) is 6.61 Å². The van der Waals surface area contributed by atoms with Crippen LogP contribution in [0.25, 0.3) is 11.1 Å². The SMILES string of the molecule is COc1ncc(Cn2nnnc2CO)cc1-c1cccc(C)c1. The minimum Gasteiger partial charge on any atom is -0.481 e. The number of aliphatic hydroxyl groups is 1. The van der Waals surface area contributed by atoms with Crippen molar-refractivity contribution in [2.24, 2.45) is 0 Å². The van der Waals surface area contributed by atoms with Crippen molar-refractivity contribution in [1.29, 1.82) is 0 Å². The number of hydrogen-bond donors (Lipinski definition) is 1. The number of nitrogens with zero attached hydrogens (tertiary/aromatic N) is 5. The summed E-state index contributed by atoms with van der Waals surface area (Å²) in [6.45, 7) is 2.27. The maximum absolute atomic E-state index is 9.23. The van der Waals surface area contributed by atoms with E-state index in [9.17, 15) is 5.11 Å². The Kier molecular flexibility index (Phi) is 4.29. The highest BCUT2D eigenvalue weighted by Gasteiger charge is 2.11. The highest BCUT2D eigenvalue weighted by molar-refractivity contribution is 5.69. The number of tetrazole rings is 1. The predicted molar refractivity (Wildman–Crippen MR) is 83.8 cm³/mol. The summed E-state index contributed by atoms with van der Waals surface area (Å²) in [5.41, 5.74) is 4.03. The van der Waals surface area contributed by atoms with E-state index < -0.39 is 0 Å². The molecule has 2 heterocycles. The van der Waals surface area contributed by atoms with Gasteiger partial charge in [-0.2, -0.15) is 0 Å². The molecule has 0 saturated heterocycles. The first kappa shape index (κ1) is 15.1. The summed E-state index contributed by atoms with van der Waals surface area (Å²) in [6, 6.07) is 10.2. The number of ether oxygens (including phenoxy) is 1. The van der Waals surface area contributed by atoms with Crippen LogP contribution in [0.5, 0.6) is 5.88 Å². The van der Waals surface area contributed by atoms with E-state index >= 15 is 0 Å². The molecule has 0 fully saturated rings. The molecule has 1 N–H and O–H groups in total. The zero-order valence-corrected chi connectivity index (χ0v) is 13.0. The lowest BCUT2D eigenvalue weighted by atomic mass is 10.0. The van der Waals surface area contributed by atoms with Crippen LogP contribution in [0, 0.1) is 6.92 Å². The maximum atomic E-state index is 9.23. The molecule has 0 spiro atoms. The first-order chi connectivity index (χ1) is 11.2. The zero-order chi connectivity index (χ0) is 16.2. The molecule has 0 aliphatic heterocycles. The van der Waals surface area contributed by atoms with Crippen molar-refractivity contribution < 1.29 is 9.84 Å². The van der Waals surface area contributed by atoms with Gasteiger partial charge in [0.25, 0.3) is 0 Å². The molecule has 3 aromatic rings. The van der Waals surface area contributed by atoms with E-state index in [-0.39, 0.29) is 6.61 Å². The van der Waals surface area contributed by atoms with Gasteiger partial charge in [-0.1, -0.05) is 29.8 Å². The average Bonchev–Trinajstić information content (AvgIpc) is 3.02. The molecule has 0 aliphatic carbocycles. The van der Waals surface area contributed by atoms with Gasteiger partial charge in [0.15, 0.2) is 5.82 Å². The summed E-state index contributed by atoms with van der Waals surface area (Å²) >= 11 is 0. The Labute approximate surface area is 133 Å². The number of rotatable bonds is 5. The van der Waals surface area contributed by atoms with Crippen molar-refractivity contribution in [3.63, 3.8) is 0 Å². The van der Waals surface area contributed by atoms with Crippen LogP contribution < -0.4 is 4.74 Å². The van der Waals surface area contributed by atoms with Crippen molar-refractivity contribution in [3.05, 3.63) is 53.5 Å². The van der Waals surface area contributed by atoms with Gasteiger partial charge in [-0.15, -0.1) is 5.10 Å². The van der Waals surface area contributed by atoms with Crippen LogP contribution in [0.4, 0.5) is 0 Å². The van der Waals surface area contributed by atoms with E-state index in [0.29, 0.717) is 18.2 Å². The lowest BCUT2D eigenvalue weighted by Crippen LogP contribution is -2.08. The fraction of sp³-hybridized carbons (Fsp3) is 0.250. The quantitative estimate of drug-likeness (QED) is 0.770. The number of benzene rings is 1. The van der Waals surface area contributed by atoms with Crippen molar-refractivity contribution in [2.75, 3.05) is 7.11 Å². The lowest BCUT2D eigenvalue weighted by molar-refractivity contribution is 0.263. The van der Waals surface area contributed by atoms with Gasteiger partial charge in [0.05, 0.1) is 13.7 Å². The normalized spacial score (nSPS) is 10.7. The Morgan fingerprint density at radius 3 is 2.87 bits per heavy atom. The number of aliphatic hydroxyl groups excluding tert-OH is 1. The van der Waals surface area contributed by atoms with Crippen molar-refractivity contribution >= 4 is 0 Å². The maximum Gasteiger partial charge on any atom is 0.221 e. The number of pyridine rings is 1. The second kappa shape index (κ2) is 6.53. The molecule has 0 amide bonds. The number of hydrogen-bond acceptors (Lipinski definition) is 6. The molecule has 23 heavy (non-hydrogen) atoms. The molecule has 0 radical (unpaired) electrons. The number of aromatic nitrogens is 5. The Hall–Kier alpha value is -2.80. The van der Waals surface area contributed by atoms with E-state index in [0.717, 1.165) is 22.3 Å². The van der Waals surface area contributed by atoms with Crippen LogP contribution in [0.2, 0.25) is 0 Å². The minimum atomic E-state index is -0.207. The third-order valence-corrected chi connectivity index (χ3v) is 3.51. The predicted octanol–water partition coefficient (Wildman–Crippen LogP) is 1.59. The van der Waals surface area contributed by atoms with Gasteiger partial charge >= 0.3 is 0 Å². The molecule has 0 aliphatic rings. The van der Waals surface area contributed by atoms with E-state index in [4.69, 9.17) is 4.74 Å². The Balaban J connectivity index is 1.99. The van der Waals surface area contributed by atoms with E-state index in [1.165, 1.54) is 0 Å². The molecule has 0 atom stereocenters. The van der Waals surface area contributed by atoms with E-state index in [1.807, 2.05) is 31.2 Å². The fourth-order valence-corrected chi connectivity index (χ4v) is 2.40. The molecule has 2 aromatic heterocycles. The smallest absolute Gasteiger partial charge is 0.221 e. The first-order valence-corrected chi connectivity index (χ1v) is 7.17. The van der Waals surface area contributed by atoms with Crippen LogP contribution >= 0.6 is 0 Å². The molecule has 0 unspecified atom stereocenters.